The van der Waals surface area contributed by atoms with Crippen molar-refractivity contribution in [1.29, 1.82) is 5.26 Å². The molecule has 0 saturated heterocycles. The monoisotopic (exact) mass is 320 g/mol. The van der Waals surface area contributed by atoms with Gasteiger partial charge in [-0.1, -0.05) is 30.3 Å². The van der Waals surface area contributed by atoms with Crippen LogP contribution in [0.5, 0.6) is 0 Å². The summed E-state index contributed by atoms with van der Waals surface area (Å²) in [6, 6.07) is 13.0. The second-order valence-electron chi connectivity index (χ2n) is 4.60. The highest BCUT2D eigenvalue weighted by atomic mass is 19.4. The molecule has 0 heterocycles. The zero-order valence-electron chi connectivity index (χ0n) is 11.7. The van der Waals surface area contributed by atoms with Crippen molar-refractivity contribution in [3.8, 4) is 6.07 Å². The Morgan fingerprint density at radius 3 is 2.48 bits per heavy atom. The minimum atomic E-state index is -4.61. The van der Waals surface area contributed by atoms with Crippen LogP contribution >= 0.6 is 0 Å². The predicted molar refractivity (Wildman–Crippen MR) is 76.4 cm³/mol. The number of carbonyl (C=O) groups excluding carboxylic acids is 1. The first-order valence-electron chi connectivity index (χ1n) is 6.48. The van der Waals surface area contributed by atoms with Gasteiger partial charge in [-0.25, -0.2) is 4.79 Å². The molecule has 0 fully saturated rings. The van der Waals surface area contributed by atoms with Crippen LogP contribution in [0.1, 0.15) is 16.7 Å². The summed E-state index contributed by atoms with van der Waals surface area (Å²) in [4.78, 5) is 11.6. The summed E-state index contributed by atoms with van der Waals surface area (Å²) in [6.45, 7) is -0.0171. The van der Waals surface area contributed by atoms with Crippen LogP contribution in [0.25, 0.3) is 0 Å². The summed E-state index contributed by atoms with van der Waals surface area (Å²) in [5.41, 5.74) is -0.646. The first-order chi connectivity index (χ1) is 10.9. The van der Waals surface area contributed by atoms with Gasteiger partial charge >= 0.3 is 12.3 Å². The van der Waals surface area contributed by atoms with Crippen LogP contribution in [0.4, 0.5) is 23.7 Å². The molecule has 4 nitrogen and oxygen atoms in total. The molecule has 23 heavy (non-hydrogen) atoms. The third-order valence-electron chi connectivity index (χ3n) is 2.85. The van der Waals surface area contributed by atoms with E-state index in [0.29, 0.717) is 6.07 Å². The minimum absolute atomic E-state index is 0.0171. The maximum atomic E-state index is 12.7. The maximum absolute atomic E-state index is 12.7. The van der Waals surface area contributed by atoms with Gasteiger partial charge in [0.25, 0.3) is 0 Å². The fraction of sp³-hybridized carbons (Fsp3) is 0.125. The Balaban J connectivity index is 2.07. The van der Waals surface area contributed by atoms with Crippen LogP contribution in [0.2, 0.25) is 0 Å². The molecule has 0 atom stereocenters. The SMILES string of the molecule is N#Cc1cc(NC(=O)OCc2ccccc2)cc(C(F)(F)F)c1. The number of hydrogen-bond acceptors (Lipinski definition) is 3. The van der Waals surface area contributed by atoms with Crippen molar-refractivity contribution in [2.45, 2.75) is 12.8 Å². The summed E-state index contributed by atoms with van der Waals surface area (Å²) >= 11 is 0. The minimum Gasteiger partial charge on any atom is -0.444 e. The third kappa shape index (κ3) is 4.74. The lowest BCUT2D eigenvalue weighted by molar-refractivity contribution is -0.137. The second kappa shape index (κ2) is 6.83. The lowest BCUT2D eigenvalue weighted by Crippen LogP contribution is -2.15. The summed E-state index contributed by atoms with van der Waals surface area (Å²) < 4.78 is 43.1. The van der Waals surface area contributed by atoms with Crippen molar-refractivity contribution in [2.75, 3.05) is 5.32 Å². The topological polar surface area (TPSA) is 62.1 Å². The largest absolute Gasteiger partial charge is 0.444 e. The first kappa shape index (κ1) is 16.4. The van der Waals surface area contributed by atoms with Crippen molar-refractivity contribution in [2.24, 2.45) is 0 Å². The number of alkyl halides is 3. The molecule has 0 aliphatic rings. The molecule has 0 saturated carbocycles. The van der Waals surface area contributed by atoms with E-state index >= 15 is 0 Å². The van der Waals surface area contributed by atoms with Gasteiger partial charge in [0.2, 0.25) is 0 Å². The highest BCUT2D eigenvalue weighted by Crippen LogP contribution is 2.31. The molecule has 0 aliphatic carbocycles. The van der Waals surface area contributed by atoms with E-state index in [1.54, 1.807) is 36.4 Å². The predicted octanol–water partition coefficient (Wildman–Crippen LogP) is 4.33. The van der Waals surface area contributed by atoms with Crippen molar-refractivity contribution < 1.29 is 22.7 Å². The number of amides is 1. The number of nitrogens with zero attached hydrogens (tertiary/aromatic N) is 1. The van der Waals surface area contributed by atoms with E-state index in [9.17, 15) is 18.0 Å². The van der Waals surface area contributed by atoms with Crippen molar-refractivity contribution in [1.82, 2.24) is 0 Å². The standard InChI is InChI=1S/C16H11F3N2O2/c17-16(18,19)13-6-12(9-20)7-14(8-13)21-15(22)23-10-11-4-2-1-3-5-11/h1-8H,10H2,(H,21,22). The van der Waals surface area contributed by atoms with Gasteiger partial charge in [0, 0.05) is 5.69 Å². The van der Waals surface area contributed by atoms with Crippen LogP contribution < -0.4 is 5.32 Å². The number of halogens is 3. The van der Waals surface area contributed by atoms with Gasteiger partial charge in [-0.2, -0.15) is 18.4 Å². The number of nitriles is 1. The van der Waals surface area contributed by atoms with Gasteiger partial charge in [-0.3, -0.25) is 5.32 Å². The van der Waals surface area contributed by atoms with Gasteiger partial charge in [-0.05, 0) is 23.8 Å². The summed E-state index contributed by atoms with van der Waals surface area (Å²) in [5, 5.41) is 11.0. The van der Waals surface area contributed by atoms with Crippen LogP contribution in [-0.4, -0.2) is 6.09 Å². The summed E-state index contributed by atoms with van der Waals surface area (Å²) in [6.07, 6.45) is -5.52. The molecule has 0 bridgehead atoms. The molecule has 2 aromatic carbocycles. The summed E-state index contributed by atoms with van der Waals surface area (Å²) in [5.74, 6) is 0. The molecule has 0 radical (unpaired) electrons. The van der Waals surface area contributed by atoms with Crippen LogP contribution in [0.15, 0.2) is 48.5 Å². The fourth-order valence-electron chi connectivity index (χ4n) is 1.81. The second-order valence-corrected chi connectivity index (χ2v) is 4.60. The molecule has 1 amide bonds. The Hall–Kier alpha value is -3.01. The normalized spacial score (nSPS) is 10.7. The molecular formula is C16H11F3N2O2. The molecular weight excluding hydrogens is 309 g/mol. The molecule has 2 aromatic rings. The Kier molecular flexibility index (Phi) is 4.86. The van der Waals surface area contributed by atoms with Crippen LogP contribution in [0.3, 0.4) is 0 Å². The van der Waals surface area contributed by atoms with Gasteiger partial charge in [0.15, 0.2) is 0 Å². The highest BCUT2D eigenvalue weighted by Gasteiger charge is 2.31. The molecule has 2 rings (SSSR count). The number of anilines is 1. The number of rotatable bonds is 3. The summed E-state index contributed by atoms with van der Waals surface area (Å²) in [7, 11) is 0. The quantitative estimate of drug-likeness (QED) is 0.916. The third-order valence-corrected chi connectivity index (χ3v) is 2.85. The van der Waals surface area contributed by atoms with E-state index < -0.39 is 17.8 Å². The molecule has 118 valence electrons. The maximum Gasteiger partial charge on any atom is 0.416 e. The zero-order chi connectivity index (χ0) is 16.9. The zero-order valence-corrected chi connectivity index (χ0v) is 11.7. The Morgan fingerprint density at radius 2 is 1.87 bits per heavy atom. The number of benzene rings is 2. The van der Waals surface area contributed by atoms with Crippen molar-refractivity contribution >= 4 is 11.8 Å². The average Bonchev–Trinajstić information content (AvgIpc) is 2.52. The van der Waals surface area contributed by atoms with E-state index in [1.807, 2.05) is 0 Å². The Morgan fingerprint density at radius 1 is 1.17 bits per heavy atom. The van der Waals surface area contributed by atoms with Gasteiger partial charge < -0.3 is 4.74 Å². The van der Waals surface area contributed by atoms with Crippen LogP contribution in [-0.2, 0) is 17.5 Å². The smallest absolute Gasteiger partial charge is 0.416 e. The van der Waals surface area contributed by atoms with E-state index in [2.05, 4.69) is 5.32 Å². The van der Waals surface area contributed by atoms with Crippen molar-refractivity contribution in [3.05, 3.63) is 65.2 Å². The molecule has 7 heteroatoms. The molecule has 0 aromatic heterocycles. The number of carbonyl (C=O) groups is 1. The Bertz CT molecular complexity index is 737. The van der Waals surface area contributed by atoms with Crippen molar-refractivity contribution in [3.63, 3.8) is 0 Å². The van der Waals surface area contributed by atoms with E-state index in [-0.39, 0.29) is 17.9 Å². The number of ether oxygens (including phenoxy) is 1. The lowest BCUT2D eigenvalue weighted by atomic mass is 10.1. The molecule has 0 aliphatic heterocycles. The molecule has 0 spiro atoms. The van der Waals surface area contributed by atoms with E-state index in [0.717, 1.165) is 17.7 Å². The van der Waals surface area contributed by atoms with Gasteiger partial charge in [0.05, 0.1) is 17.2 Å². The van der Waals surface area contributed by atoms with Gasteiger partial charge in [0.1, 0.15) is 6.61 Å². The Labute approximate surface area is 130 Å². The first-order valence-corrected chi connectivity index (χ1v) is 6.48. The fourth-order valence-corrected chi connectivity index (χ4v) is 1.81. The van der Waals surface area contributed by atoms with Gasteiger partial charge in [-0.15, -0.1) is 0 Å². The average molecular weight is 320 g/mol. The van der Waals surface area contributed by atoms with Crippen LogP contribution in [0, 0.1) is 11.3 Å². The van der Waals surface area contributed by atoms with E-state index in [1.165, 1.54) is 0 Å². The lowest BCUT2D eigenvalue weighted by Gasteiger charge is -2.11. The van der Waals surface area contributed by atoms with E-state index in [4.69, 9.17) is 10.00 Å². The number of nitrogens with one attached hydrogen (secondary N) is 1. The highest BCUT2D eigenvalue weighted by molar-refractivity contribution is 5.85. The molecule has 1 N–H and O–H groups in total. The number of hydrogen-bond donors (Lipinski definition) is 1. The molecule has 0 unspecified atom stereocenters.